The summed E-state index contributed by atoms with van der Waals surface area (Å²) in [7, 11) is 0. The van der Waals surface area contributed by atoms with Gasteiger partial charge in [-0.25, -0.2) is 4.79 Å². The van der Waals surface area contributed by atoms with E-state index >= 15 is 0 Å². The van der Waals surface area contributed by atoms with Gasteiger partial charge in [0.05, 0.1) is 6.61 Å². The van der Waals surface area contributed by atoms with E-state index < -0.39 is 24.0 Å². The number of carbonyl (C=O) groups is 2. The van der Waals surface area contributed by atoms with Crippen LogP contribution in [0.25, 0.3) is 0 Å². The summed E-state index contributed by atoms with van der Waals surface area (Å²) in [5, 5.41) is 0. The summed E-state index contributed by atoms with van der Waals surface area (Å²) in [6, 6.07) is 6.00. The first kappa shape index (κ1) is 17.1. The molecule has 0 aliphatic rings. The Morgan fingerprint density at radius 1 is 1.19 bits per heavy atom. The molecule has 1 aromatic rings. The smallest absolute Gasteiger partial charge is 0.382 e. The zero-order valence-electron chi connectivity index (χ0n) is 12.2. The van der Waals surface area contributed by atoms with E-state index in [4.69, 9.17) is 4.74 Å². The van der Waals surface area contributed by atoms with Gasteiger partial charge in [-0.05, 0) is 19.4 Å². The first-order valence-electron chi connectivity index (χ1n) is 6.64. The molecular formula is C15H18F2O4. The molecule has 0 aliphatic heterocycles. The van der Waals surface area contributed by atoms with Crippen molar-refractivity contribution in [1.82, 2.24) is 0 Å². The van der Waals surface area contributed by atoms with Crippen LogP contribution in [0.4, 0.5) is 8.78 Å². The highest BCUT2D eigenvalue weighted by Gasteiger charge is 2.52. The average molecular weight is 300 g/mol. The highest BCUT2D eigenvalue weighted by Crippen LogP contribution is 2.36. The SMILES string of the molecule is CCOC(=O)C(F)(F)[C@@H](OC(=O)CC)c1ccc(C)cc1. The topological polar surface area (TPSA) is 52.6 Å². The Kier molecular flexibility index (Phi) is 5.81. The van der Waals surface area contributed by atoms with Crippen LogP contribution in [0.15, 0.2) is 24.3 Å². The van der Waals surface area contributed by atoms with Crippen LogP contribution in [0.2, 0.25) is 0 Å². The van der Waals surface area contributed by atoms with Gasteiger partial charge in [-0.15, -0.1) is 0 Å². The molecule has 0 unspecified atom stereocenters. The molecule has 21 heavy (non-hydrogen) atoms. The number of hydrogen-bond donors (Lipinski definition) is 0. The molecule has 0 N–H and O–H groups in total. The maximum absolute atomic E-state index is 14.2. The van der Waals surface area contributed by atoms with Crippen molar-refractivity contribution in [2.45, 2.75) is 39.2 Å². The molecule has 6 heteroatoms. The van der Waals surface area contributed by atoms with Crippen LogP contribution in [0.5, 0.6) is 0 Å². The molecule has 0 spiro atoms. The van der Waals surface area contributed by atoms with Gasteiger partial charge in [0, 0.05) is 6.42 Å². The Balaban J connectivity index is 3.15. The monoisotopic (exact) mass is 300 g/mol. The fourth-order valence-electron chi connectivity index (χ4n) is 1.64. The average Bonchev–Trinajstić information content (AvgIpc) is 2.45. The lowest BCUT2D eigenvalue weighted by atomic mass is 10.0. The molecular weight excluding hydrogens is 282 g/mol. The lowest BCUT2D eigenvalue weighted by molar-refractivity contribution is -0.199. The van der Waals surface area contributed by atoms with Crippen molar-refractivity contribution in [2.75, 3.05) is 6.61 Å². The Labute approximate surface area is 122 Å². The number of carbonyl (C=O) groups excluding carboxylic acids is 2. The molecule has 0 fully saturated rings. The van der Waals surface area contributed by atoms with Crippen molar-refractivity contribution in [3.8, 4) is 0 Å². The van der Waals surface area contributed by atoms with Crippen LogP contribution in [-0.4, -0.2) is 24.5 Å². The molecule has 0 aromatic heterocycles. The van der Waals surface area contributed by atoms with Crippen molar-refractivity contribution < 1.29 is 27.8 Å². The first-order chi connectivity index (χ1) is 9.82. The molecule has 0 saturated carbocycles. The molecule has 4 nitrogen and oxygen atoms in total. The molecule has 0 amide bonds. The number of hydrogen-bond acceptors (Lipinski definition) is 4. The molecule has 116 valence electrons. The minimum atomic E-state index is -3.95. The molecule has 0 bridgehead atoms. The third kappa shape index (κ3) is 4.24. The second kappa shape index (κ2) is 7.15. The van der Waals surface area contributed by atoms with Gasteiger partial charge in [-0.1, -0.05) is 36.8 Å². The standard InChI is InChI=1S/C15H18F2O4/c1-4-12(18)21-13(11-8-6-10(3)7-9-11)15(16,17)14(19)20-5-2/h6-9,13H,4-5H2,1-3H3/t13-/m0/s1. The largest absolute Gasteiger partial charge is 0.461 e. The van der Waals surface area contributed by atoms with E-state index in [1.165, 1.54) is 26.0 Å². The second-order valence-electron chi connectivity index (χ2n) is 4.48. The van der Waals surface area contributed by atoms with E-state index in [1.54, 1.807) is 19.1 Å². The second-order valence-corrected chi connectivity index (χ2v) is 4.48. The predicted molar refractivity (Wildman–Crippen MR) is 71.9 cm³/mol. The van der Waals surface area contributed by atoms with Crippen molar-refractivity contribution in [1.29, 1.82) is 0 Å². The van der Waals surface area contributed by atoms with E-state index in [-0.39, 0.29) is 18.6 Å². The summed E-state index contributed by atoms with van der Waals surface area (Å²) in [4.78, 5) is 22.8. The number of alkyl halides is 2. The number of rotatable bonds is 6. The summed E-state index contributed by atoms with van der Waals surface area (Å²) >= 11 is 0. The van der Waals surface area contributed by atoms with Crippen LogP contribution in [-0.2, 0) is 19.1 Å². The molecule has 1 rings (SSSR count). The van der Waals surface area contributed by atoms with E-state index in [1.807, 2.05) is 0 Å². The van der Waals surface area contributed by atoms with Gasteiger partial charge in [0.25, 0.3) is 0 Å². The Morgan fingerprint density at radius 3 is 2.24 bits per heavy atom. The van der Waals surface area contributed by atoms with Crippen LogP contribution in [0.3, 0.4) is 0 Å². The Hall–Kier alpha value is -1.98. The predicted octanol–water partition coefficient (Wildman–Crippen LogP) is 3.19. The summed E-state index contributed by atoms with van der Waals surface area (Å²) in [5.74, 6) is -6.47. The molecule has 0 heterocycles. The van der Waals surface area contributed by atoms with Gasteiger partial charge in [0.1, 0.15) is 0 Å². The quantitative estimate of drug-likeness (QED) is 0.757. The van der Waals surface area contributed by atoms with Crippen molar-refractivity contribution in [3.05, 3.63) is 35.4 Å². The lowest BCUT2D eigenvalue weighted by Crippen LogP contribution is -2.39. The zero-order chi connectivity index (χ0) is 16.0. The third-order valence-electron chi connectivity index (χ3n) is 2.79. The van der Waals surface area contributed by atoms with E-state index in [2.05, 4.69) is 4.74 Å². The van der Waals surface area contributed by atoms with Gasteiger partial charge in [0.2, 0.25) is 6.10 Å². The summed E-state index contributed by atoms with van der Waals surface area (Å²) < 4.78 is 37.5. The number of benzene rings is 1. The van der Waals surface area contributed by atoms with Gasteiger partial charge in [-0.3, -0.25) is 4.79 Å². The maximum atomic E-state index is 14.2. The van der Waals surface area contributed by atoms with Gasteiger partial charge < -0.3 is 9.47 Å². The van der Waals surface area contributed by atoms with E-state index in [0.29, 0.717) is 0 Å². The maximum Gasteiger partial charge on any atom is 0.382 e. The van der Waals surface area contributed by atoms with E-state index in [9.17, 15) is 18.4 Å². The highest BCUT2D eigenvalue weighted by molar-refractivity contribution is 5.79. The van der Waals surface area contributed by atoms with Crippen molar-refractivity contribution >= 4 is 11.9 Å². The van der Waals surface area contributed by atoms with Crippen LogP contribution in [0.1, 0.15) is 37.5 Å². The fourth-order valence-corrected chi connectivity index (χ4v) is 1.64. The van der Waals surface area contributed by atoms with Gasteiger partial charge >= 0.3 is 17.9 Å². The Bertz CT molecular complexity index is 497. The Morgan fingerprint density at radius 2 is 1.76 bits per heavy atom. The third-order valence-corrected chi connectivity index (χ3v) is 2.79. The van der Waals surface area contributed by atoms with Crippen molar-refractivity contribution in [3.63, 3.8) is 0 Å². The number of halogens is 2. The summed E-state index contributed by atoms with van der Waals surface area (Å²) in [6.45, 7) is 4.51. The fraction of sp³-hybridized carbons (Fsp3) is 0.467. The zero-order valence-corrected chi connectivity index (χ0v) is 12.2. The van der Waals surface area contributed by atoms with Crippen molar-refractivity contribution in [2.24, 2.45) is 0 Å². The molecule has 0 radical (unpaired) electrons. The lowest BCUT2D eigenvalue weighted by Gasteiger charge is -2.25. The molecule has 1 atom stereocenters. The van der Waals surface area contributed by atoms with Gasteiger partial charge in [0.15, 0.2) is 0 Å². The van der Waals surface area contributed by atoms with Crippen LogP contribution < -0.4 is 0 Å². The van der Waals surface area contributed by atoms with Crippen LogP contribution >= 0.6 is 0 Å². The number of esters is 2. The minimum Gasteiger partial charge on any atom is -0.461 e. The first-order valence-corrected chi connectivity index (χ1v) is 6.64. The number of aryl methyl sites for hydroxylation is 1. The highest BCUT2D eigenvalue weighted by atomic mass is 19.3. The molecule has 0 saturated heterocycles. The molecule has 1 aromatic carbocycles. The van der Waals surface area contributed by atoms with Crippen LogP contribution in [0, 0.1) is 6.92 Å². The normalized spacial score (nSPS) is 12.6. The molecule has 0 aliphatic carbocycles. The summed E-state index contributed by atoms with van der Waals surface area (Å²) in [6.07, 6.45) is -2.06. The number of ether oxygens (including phenoxy) is 2. The minimum absolute atomic E-state index is 0.0421. The van der Waals surface area contributed by atoms with E-state index in [0.717, 1.165) is 5.56 Å². The summed E-state index contributed by atoms with van der Waals surface area (Å²) in [5.41, 5.74) is 0.902. The van der Waals surface area contributed by atoms with Gasteiger partial charge in [-0.2, -0.15) is 8.78 Å².